The van der Waals surface area contributed by atoms with Crippen LogP contribution in [0, 0.1) is 0 Å². The molecule has 1 aliphatic rings. The largest absolute Gasteiger partial charge is 0.348 e. The van der Waals surface area contributed by atoms with Gasteiger partial charge in [0.05, 0.1) is 4.90 Å². The van der Waals surface area contributed by atoms with E-state index in [1.807, 2.05) is 0 Å². The lowest BCUT2D eigenvalue weighted by atomic mass is 10.0. The van der Waals surface area contributed by atoms with E-state index in [-0.39, 0.29) is 24.0 Å². The Bertz CT molecular complexity index is 1000. The van der Waals surface area contributed by atoms with Crippen molar-refractivity contribution in [3.8, 4) is 0 Å². The molecule has 10 heteroatoms. The number of sulfonamides is 1. The number of piperidine rings is 1. The minimum absolute atomic E-state index is 0.198. The molecule has 1 saturated heterocycles. The van der Waals surface area contributed by atoms with E-state index in [1.54, 1.807) is 36.7 Å². The average Bonchev–Trinajstić information content (AvgIpc) is 2.78. The second kappa shape index (κ2) is 10.7. The van der Waals surface area contributed by atoms with Gasteiger partial charge in [0.1, 0.15) is 0 Å². The summed E-state index contributed by atoms with van der Waals surface area (Å²) in [5, 5.41) is 5.60. The molecule has 0 bridgehead atoms. The topological polar surface area (TPSA) is 108 Å². The monoisotopic (exact) mass is 464 g/mol. The summed E-state index contributed by atoms with van der Waals surface area (Å²) in [5.74, 6) is -1.47. The van der Waals surface area contributed by atoms with Gasteiger partial charge in [0.2, 0.25) is 10.0 Å². The van der Waals surface area contributed by atoms with Crippen LogP contribution in [-0.2, 0) is 26.2 Å². The fraction of sp³-hybridized carbons (Fsp3) is 0.381. The van der Waals surface area contributed by atoms with Crippen molar-refractivity contribution >= 4 is 33.4 Å². The number of benzene rings is 1. The molecule has 1 atom stereocenters. The van der Waals surface area contributed by atoms with Crippen LogP contribution in [0.4, 0.5) is 0 Å². The van der Waals surface area contributed by atoms with Crippen LogP contribution in [-0.4, -0.2) is 48.7 Å². The quantitative estimate of drug-likeness (QED) is 0.610. The van der Waals surface area contributed by atoms with Crippen LogP contribution in [0.5, 0.6) is 0 Å². The van der Waals surface area contributed by atoms with Gasteiger partial charge in [0, 0.05) is 43.1 Å². The van der Waals surface area contributed by atoms with E-state index < -0.39 is 21.8 Å². The number of aromatic nitrogens is 1. The summed E-state index contributed by atoms with van der Waals surface area (Å²) >= 11 is 5.87. The number of amides is 2. The normalized spacial score (nSPS) is 17.1. The molecule has 0 aliphatic carbocycles. The average molecular weight is 465 g/mol. The van der Waals surface area contributed by atoms with E-state index in [2.05, 4.69) is 15.6 Å². The fourth-order valence-electron chi connectivity index (χ4n) is 3.52. The van der Waals surface area contributed by atoms with E-state index in [9.17, 15) is 18.0 Å². The van der Waals surface area contributed by atoms with Gasteiger partial charge in [-0.3, -0.25) is 14.6 Å². The number of nitrogens with one attached hydrogen (secondary N) is 2. The summed E-state index contributed by atoms with van der Waals surface area (Å²) in [5.41, 5.74) is 0.835. The molecule has 3 rings (SSSR count). The lowest BCUT2D eigenvalue weighted by Gasteiger charge is -2.34. The van der Waals surface area contributed by atoms with E-state index in [1.165, 1.54) is 16.4 Å². The van der Waals surface area contributed by atoms with Crippen LogP contribution in [0.3, 0.4) is 0 Å². The maximum Gasteiger partial charge on any atom is 0.309 e. The number of halogens is 1. The van der Waals surface area contributed by atoms with Gasteiger partial charge in [-0.05, 0) is 61.2 Å². The standard InChI is InChI=1S/C21H25ClN4O4S/c22-17-4-6-19(7-5-17)31(29,30)26-14-2-1-3-18(26)10-13-24-20(27)21(28)25-15-16-8-11-23-12-9-16/h4-9,11-12,18H,1-3,10,13-15H2,(H,24,27)(H,25,28)/t18-/m1/s1. The number of nitrogens with zero attached hydrogens (tertiary/aromatic N) is 2. The van der Waals surface area contributed by atoms with Crippen molar-refractivity contribution in [2.24, 2.45) is 0 Å². The summed E-state index contributed by atoms with van der Waals surface area (Å²) < 4.78 is 27.6. The number of pyridine rings is 1. The molecule has 166 valence electrons. The molecule has 0 saturated carbocycles. The number of rotatable bonds is 7. The summed E-state index contributed by atoms with van der Waals surface area (Å²) in [7, 11) is -3.66. The zero-order valence-electron chi connectivity index (χ0n) is 17.0. The van der Waals surface area contributed by atoms with Gasteiger partial charge in [-0.2, -0.15) is 4.31 Å². The molecule has 2 aromatic rings. The van der Waals surface area contributed by atoms with Crippen LogP contribution in [0.2, 0.25) is 5.02 Å². The third-order valence-corrected chi connectivity index (χ3v) is 7.38. The fourth-order valence-corrected chi connectivity index (χ4v) is 5.37. The highest BCUT2D eigenvalue weighted by Crippen LogP contribution is 2.27. The van der Waals surface area contributed by atoms with Crippen molar-refractivity contribution in [1.29, 1.82) is 0 Å². The van der Waals surface area contributed by atoms with E-state index >= 15 is 0 Å². The minimum Gasteiger partial charge on any atom is -0.348 e. The van der Waals surface area contributed by atoms with Gasteiger partial charge < -0.3 is 10.6 Å². The molecule has 1 aromatic carbocycles. The predicted molar refractivity (Wildman–Crippen MR) is 117 cm³/mol. The van der Waals surface area contributed by atoms with E-state index in [0.29, 0.717) is 24.4 Å². The molecular weight excluding hydrogens is 440 g/mol. The minimum atomic E-state index is -3.66. The van der Waals surface area contributed by atoms with E-state index in [0.717, 1.165) is 18.4 Å². The third kappa shape index (κ3) is 6.25. The SMILES string of the molecule is O=C(NCC[C@H]1CCCCN1S(=O)(=O)c1ccc(Cl)cc1)C(=O)NCc1ccncc1. The van der Waals surface area contributed by atoms with Gasteiger partial charge in [0.15, 0.2) is 0 Å². The Morgan fingerprint density at radius 3 is 2.42 bits per heavy atom. The smallest absolute Gasteiger partial charge is 0.309 e. The second-order valence-electron chi connectivity index (χ2n) is 7.30. The molecule has 2 amide bonds. The van der Waals surface area contributed by atoms with Crippen LogP contribution >= 0.6 is 11.6 Å². The highest BCUT2D eigenvalue weighted by molar-refractivity contribution is 7.89. The Morgan fingerprint density at radius 1 is 1.03 bits per heavy atom. The summed E-state index contributed by atoms with van der Waals surface area (Å²) in [6.07, 6.45) is 6.04. The van der Waals surface area contributed by atoms with Gasteiger partial charge in [-0.15, -0.1) is 0 Å². The molecule has 2 heterocycles. The Kier molecular flexibility index (Phi) is 8.00. The van der Waals surface area contributed by atoms with Crippen molar-refractivity contribution in [2.75, 3.05) is 13.1 Å². The summed E-state index contributed by atoms with van der Waals surface area (Å²) in [6.45, 7) is 0.860. The number of hydrogen-bond acceptors (Lipinski definition) is 5. The highest BCUT2D eigenvalue weighted by atomic mass is 35.5. The lowest BCUT2D eigenvalue weighted by Crippen LogP contribution is -2.46. The second-order valence-corrected chi connectivity index (χ2v) is 9.63. The first-order valence-corrected chi connectivity index (χ1v) is 11.9. The Morgan fingerprint density at radius 2 is 1.71 bits per heavy atom. The van der Waals surface area contributed by atoms with Crippen molar-refractivity contribution in [3.63, 3.8) is 0 Å². The first-order chi connectivity index (χ1) is 14.9. The van der Waals surface area contributed by atoms with Crippen LogP contribution in [0.25, 0.3) is 0 Å². The van der Waals surface area contributed by atoms with Gasteiger partial charge in [0.25, 0.3) is 0 Å². The Hall–Kier alpha value is -2.49. The summed E-state index contributed by atoms with van der Waals surface area (Å²) in [6, 6.07) is 9.36. The zero-order valence-corrected chi connectivity index (χ0v) is 18.5. The van der Waals surface area contributed by atoms with Crippen molar-refractivity contribution < 1.29 is 18.0 Å². The van der Waals surface area contributed by atoms with Crippen LogP contribution < -0.4 is 10.6 Å². The maximum absolute atomic E-state index is 13.1. The lowest BCUT2D eigenvalue weighted by molar-refractivity contribution is -0.139. The number of carbonyl (C=O) groups is 2. The van der Waals surface area contributed by atoms with E-state index in [4.69, 9.17) is 11.6 Å². The highest BCUT2D eigenvalue weighted by Gasteiger charge is 2.33. The maximum atomic E-state index is 13.1. The Labute approximate surface area is 187 Å². The molecule has 1 aromatic heterocycles. The Balaban J connectivity index is 1.52. The van der Waals surface area contributed by atoms with Crippen LogP contribution in [0.15, 0.2) is 53.7 Å². The molecule has 0 unspecified atom stereocenters. The van der Waals surface area contributed by atoms with Crippen LogP contribution in [0.1, 0.15) is 31.2 Å². The summed E-state index contributed by atoms with van der Waals surface area (Å²) in [4.78, 5) is 28.1. The zero-order chi connectivity index (χ0) is 22.3. The first-order valence-electron chi connectivity index (χ1n) is 10.1. The van der Waals surface area contributed by atoms with Gasteiger partial charge >= 0.3 is 11.8 Å². The molecule has 1 fully saturated rings. The third-order valence-electron chi connectivity index (χ3n) is 5.17. The molecule has 2 N–H and O–H groups in total. The molecule has 1 aliphatic heterocycles. The molecule has 8 nitrogen and oxygen atoms in total. The molecule has 0 spiro atoms. The van der Waals surface area contributed by atoms with Gasteiger partial charge in [-0.25, -0.2) is 8.42 Å². The molecule has 31 heavy (non-hydrogen) atoms. The number of carbonyl (C=O) groups excluding carboxylic acids is 2. The predicted octanol–water partition coefficient (Wildman–Crippen LogP) is 2.10. The molecule has 0 radical (unpaired) electrons. The van der Waals surface area contributed by atoms with Crippen molar-refractivity contribution in [3.05, 3.63) is 59.4 Å². The number of hydrogen-bond donors (Lipinski definition) is 2. The molecular formula is C21H25ClN4O4S. The van der Waals surface area contributed by atoms with Crippen molar-refractivity contribution in [2.45, 2.75) is 43.2 Å². The van der Waals surface area contributed by atoms with Gasteiger partial charge in [-0.1, -0.05) is 18.0 Å². The van der Waals surface area contributed by atoms with Crippen molar-refractivity contribution in [1.82, 2.24) is 19.9 Å². The first kappa shape index (κ1) is 23.2.